The molecule has 160 valence electrons. The van der Waals surface area contributed by atoms with Crippen molar-refractivity contribution in [3.05, 3.63) is 64.7 Å². The largest absolute Gasteiger partial charge is 0.347 e. The number of fused-ring (bicyclic) bond motifs is 1. The maximum absolute atomic E-state index is 6.37. The summed E-state index contributed by atoms with van der Waals surface area (Å²) in [6, 6.07) is 10.6. The highest BCUT2D eigenvalue weighted by Gasteiger charge is 2.15. The van der Waals surface area contributed by atoms with Crippen LogP contribution in [0, 0.1) is 0 Å². The summed E-state index contributed by atoms with van der Waals surface area (Å²) in [4.78, 5) is 9.52. The topological polar surface area (TPSA) is 24.3 Å². The Labute approximate surface area is 192 Å². The van der Waals surface area contributed by atoms with Crippen molar-refractivity contribution >= 4 is 33.8 Å². The highest BCUT2D eigenvalue weighted by Crippen LogP contribution is 2.34. The molecule has 0 saturated carbocycles. The van der Waals surface area contributed by atoms with Crippen LogP contribution >= 0.6 is 22.9 Å². The fraction of sp³-hybridized carbons (Fsp3) is 0.320. The van der Waals surface area contributed by atoms with Crippen LogP contribution in [-0.2, 0) is 6.54 Å². The van der Waals surface area contributed by atoms with Crippen molar-refractivity contribution in [2.45, 2.75) is 13.0 Å². The summed E-state index contributed by atoms with van der Waals surface area (Å²) in [5.41, 5.74) is 5.94. The fourth-order valence-electron chi connectivity index (χ4n) is 4.39. The maximum Gasteiger partial charge on any atom is 0.0501 e. The molecular formula is C25H27ClN4S. The van der Waals surface area contributed by atoms with Gasteiger partial charge in [0.05, 0.1) is 5.52 Å². The predicted octanol–water partition coefficient (Wildman–Crippen LogP) is 5.72. The minimum atomic E-state index is 0.780. The Balaban J connectivity index is 1.41. The number of hydrogen-bond donors (Lipinski definition) is 0. The first-order valence-corrected chi connectivity index (χ1v) is 12.2. The van der Waals surface area contributed by atoms with Gasteiger partial charge in [0, 0.05) is 78.4 Å². The summed E-state index contributed by atoms with van der Waals surface area (Å²) in [5, 5.41) is 6.29. The van der Waals surface area contributed by atoms with Crippen molar-refractivity contribution in [1.29, 1.82) is 0 Å². The van der Waals surface area contributed by atoms with E-state index in [1.165, 1.54) is 48.2 Å². The highest BCUT2D eigenvalue weighted by atomic mass is 35.5. The van der Waals surface area contributed by atoms with Crippen LogP contribution in [0.3, 0.4) is 0 Å². The van der Waals surface area contributed by atoms with E-state index >= 15 is 0 Å². The molecule has 0 unspecified atom stereocenters. The van der Waals surface area contributed by atoms with Crippen molar-refractivity contribution in [2.75, 3.05) is 39.8 Å². The lowest BCUT2D eigenvalue weighted by Crippen LogP contribution is -2.44. The lowest BCUT2D eigenvalue weighted by molar-refractivity contribution is 0.151. The third kappa shape index (κ3) is 4.55. The van der Waals surface area contributed by atoms with Gasteiger partial charge in [-0.3, -0.25) is 4.98 Å². The van der Waals surface area contributed by atoms with Crippen LogP contribution in [0.4, 0.5) is 0 Å². The summed E-state index contributed by atoms with van der Waals surface area (Å²) in [5.74, 6) is 0. The van der Waals surface area contributed by atoms with Crippen LogP contribution in [0.15, 0.2) is 59.7 Å². The third-order valence-electron chi connectivity index (χ3n) is 6.22. The zero-order valence-electron chi connectivity index (χ0n) is 17.8. The zero-order valence-corrected chi connectivity index (χ0v) is 19.4. The van der Waals surface area contributed by atoms with Crippen molar-refractivity contribution in [1.82, 2.24) is 19.4 Å². The molecule has 5 rings (SSSR count). The second-order valence-electron chi connectivity index (χ2n) is 8.37. The van der Waals surface area contributed by atoms with Gasteiger partial charge < -0.3 is 14.4 Å². The summed E-state index contributed by atoms with van der Waals surface area (Å²) in [7, 11) is 2.21. The number of nitrogens with zero attached hydrogens (tertiary/aromatic N) is 4. The SMILES string of the molecule is CN1CCN(CCCn2cc(-c3cncc(-c4ccsc4)c3)c3ccc(Cl)cc32)CC1. The molecule has 0 spiro atoms. The normalized spacial score (nSPS) is 15.7. The summed E-state index contributed by atoms with van der Waals surface area (Å²) in [6.07, 6.45) is 7.32. The van der Waals surface area contributed by atoms with Gasteiger partial charge >= 0.3 is 0 Å². The second-order valence-corrected chi connectivity index (χ2v) is 9.59. The molecule has 4 nitrogen and oxygen atoms in total. The Hall–Kier alpha value is -2.18. The molecule has 31 heavy (non-hydrogen) atoms. The number of aromatic nitrogens is 2. The Kier molecular flexibility index (Phi) is 6.10. The Morgan fingerprint density at radius 3 is 2.61 bits per heavy atom. The van der Waals surface area contributed by atoms with Gasteiger partial charge in [0.1, 0.15) is 0 Å². The van der Waals surface area contributed by atoms with Crippen molar-refractivity contribution in [3.8, 4) is 22.3 Å². The Morgan fingerprint density at radius 1 is 0.968 bits per heavy atom. The highest BCUT2D eigenvalue weighted by molar-refractivity contribution is 7.08. The molecule has 0 radical (unpaired) electrons. The molecule has 1 aliphatic heterocycles. The van der Waals surface area contributed by atoms with Crippen LogP contribution in [-0.4, -0.2) is 59.1 Å². The van der Waals surface area contributed by atoms with Crippen LogP contribution in [0.25, 0.3) is 33.2 Å². The van der Waals surface area contributed by atoms with Gasteiger partial charge in [-0.25, -0.2) is 0 Å². The van der Waals surface area contributed by atoms with Crippen LogP contribution in [0.2, 0.25) is 5.02 Å². The molecular weight excluding hydrogens is 424 g/mol. The number of halogens is 1. The standard InChI is InChI=1S/C25H27ClN4S/c1-28-8-10-29(11-9-28)6-2-7-30-17-24(23-4-3-22(26)14-25(23)30)21-13-20(15-27-16-21)19-5-12-31-18-19/h3-5,12-18H,2,6-11H2,1H3. The van der Waals surface area contributed by atoms with Crippen molar-refractivity contribution in [2.24, 2.45) is 0 Å². The van der Waals surface area contributed by atoms with Gasteiger partial charge in [-0.05, 0) is 60.6 Å². The number of hydrogen-bond acceptors (Lipinski definition) is 4. The van der Waals surface area contributed by atoms with E-state index in [0.717, 1.165) is 35.7 Å². The molecule has 6 heteroatoms. The predicted molar refractivity (Wildman–Crippen MR) is 132 cm³/mol. The van der Waals surface area contributed by atoms with Crippen LogP contribution in [0.1, 0.15) is 6.42 Å². The van der Waals surface area contributed by atoms with E-state index in [1.807, 2.05) is 18.5 Å². The molecule has 0 bridgehead atoms. The summed E-state index contributed by atoms with van der Waals surface area (Å²) >= 11 is 8.08. The lowest BCUT2D eigenvalue weighted by atomic mass is 10.0. The monoisotopic (exact) mass is 450 g/mol. The van der Waals surface area contributed by atoms with Crippen LogP contribution < -0.4 is 0 Å². The van der Waals surface area contributed by atoms with E-state index in [0.29, 0.717) is 0 Å². The van der Waals surface area contributed by atoms with Gasteiger partial charge in [-0.2, -0.15) is 11.3 Å². The van der Waals surface area contributed by atoms with Crippen molar-refractivity contribution in [3.63, 3.8) is 0 Å². The van der Waals surface area contributed by atoms with E-state index < -0.39 is 0 Å². The van der Waals surface area contributed by atoms with Crippen LogP contribution in [0.5, 0.6) is 0 Å². The first-order valence-electron chi connectivity index (χ1n) is 10.8. The molecule has 0 N–H and O–H groups in total. The third-order valence-corrected chi connectivity index (χ3v) is 7.14. The first-order chi connectivity index (χ1) is 15.2. The molecule has 1 aromatic carbocycles. The quantitative estimate of drug-likeness (QED) is 0.375. The number of rotatable bonds is 6. The number of pyridine rings is 1. The smallest absolute Gasteiger partial charge is 0.0501 e. The Morgan fingerprint density at radius 2 is 1.81 bits per heavy atom. The minimum Gasteiger partial charge on any atom is -0.347 e. The van der Waals surface area contributed by atoms with E-state index in [2.05, 4.69) is 67.6 Å². The molecule has 1 saturated heterocycles. The fourth-order valence-corrected chi connectivity index (χ4v) is 5.22. The molecule has 4 heterocycles. The summed E-state index contributed by atoms with van der Waals surface area (Å²) < 4.78 is 2.36. The molecule has 0 atom stereocenters. The molecule has 4 aromatic rings. The average Bonchev–Trinajstić information content (AvgIpc) is 3.44. The summed E-state index contributed by atoms with van der Waals surface area (Å²) in [6.45, 7) is 6.79. The molecule has 3 aromatic heterocycles. The lowest BCUT2D eigenvalue weighted by Gasteiger charge is -2.32. The van der Waals surface area contributed by atoms with Gasteiger partial charge in [0.2, 0.25) is 0 Å². The van der Waals surface area contributed by atoms with Gasteiger partial charge in [0.25, 0.3) is 0 Å². The zero-order chi connectivity index (χ0) is 21.2. The molecule has 1 aliphatic rings. The average molecular weight is 451 g/mol. The van der Waals surface area contributed by atoms with E-state index in [4.69, 9.17) is 11.6 Å². The number of thiophene rings is 1. The Bertz CT molecular complexity index is 1160. The number of piperazine rings is 1. The second kappa shape index (κ2) is 9.13. The number of aryl methyl sites for hydroxylation is 1. The van der Waals surface area contributed by atoms with E-state index in [-0.39, 0.29) is 0 Å². The molecule has 0 aliphatic carbocycles. The number of benzene rings is 1. The molecule has 1 fully saturated rings. The van der Waals surface area contributed by atoms with Gasteiger partial charge in [0.15, 0.2) is 0 Å². The minimum absolute atomic E-state index is 0.780. The number of likely N-dealkylation sites (N-methyl/N-ethyl adjacent to an activating group) is 1. The van der Waals surface area contributed by atoms with Gasteiger partial charge in [-0.1, -0.05) is 17.7 Å². The van der Waals surface area contributed by atoms with Crippen molar-refractivity contribution < 1.29 is 0 Å². The van der Waals surface area contributed by atoms with Gasteiger partial charge in [-0.15, -0.1) is 0 Å². The maximum atomic E-state index is 6.37. The van der Waals surface area contributed by atoms with E-state index in [1.54, 1.807) is 11.3 Å². The molecule has 0 amide bonds. The van der Waals surface area contributed by atoms with E-state index in [9.17, 15) is 0 Å². The first kappa shape index (κ1) is 20.7.